The van der Waals surface area contributed by atoms with Crippen LogP contribution in [0.2, 0.25) is 5.02 Å². The second-order valence-electron chi connectivity index (χ2n) is 4.85. The standard InChI is InChI=1S/C14H17Cl2NO/c1-10-8-12(16)2-3-13(10)14(18)17-6-4-11(9-15)5-7-17/h2-3,8,11H,4-7,9H2,1H3. The van der Waals surface area contributed by atoms with Crippen LogP contribution in [0.1, 0.15) is 28.8 Å². The molecule has 0 aliphatic carbocycles. The first kappa shape index (κ1) is 13.7. The van der Waals surface area contributed by atoms with Gasteiger partial charge in [0, 0.05) is 29.6 Å². The molecule has 1 saturated heterocycles. The molecule has 4 heteroatoms. The van der Waals surface area contributed by atoms with Gasteiger partial charge in [-0.1, -0.05) is 11.6 Å². The third-order valence-corrected chi connectivity index (χ3v) is 4.21. The number of rotatable bonds is 2. The zero-order valence-corrected chi connectivity index (χ0v) is 12.0. The highest BCUT2D eigenvalue weighted by atomic mass is 35.5. The van der Waals surface area contributed by atoms with Crippen molar-refractivity contribution in [1.82, 2.24) is 4.90 Å². The largest absolute Gasteiger partial charge is 0.339 e. The van der Waals surface area contributed by atoms with Crippen molar-refractivity contribution in [3.05, 3.63) is 34.3 Å². The highest BCUT2D eigenvalue weighted by Gasteiger charge is 2.23. The Morgan fingerprint density at radius 1 is 1.39 bits per heavy atom. The fraction of sp³-hybridized carbons (Fsp3) is 0.500. The third kappa shape index (κ3) is 2.99. The molecule has 1 amide bonds. The number of carbonyl (C=O) groups is 1. The average molecular weight is 286 g/mol. The average Bonchev–Trinajstić information content (AvgIpc) is 2.38. The van der Waals surface area contributed by atoms with Crippen molar-refractivity contribution in [2.24, 2.45) is 5.92 Å². The van der Waals surface area contributed by atoms with Crippen molar-refractivity contribution in [3.63, 3.8) is 0 Å². The van der Waals surface area contributed by atoms with Crippen LogP contribution in [0.5, 0.6) is 0 Å². The Morgan fingerprint density at radius 2 is 2.06 bits per heavy atom. The molecule has 1 heterocycles. The smallest absolute Gasteiger partial charge is 0.254 e. The SMILES string of the molecule is Cc1cc(Cl)ccc1C(=O)N1CCC(CCl)CC1. The maximum Gasteiger partial charge on any atom is 0.254 e. The predicted molar refractivity (Wildman–Crippen MR) is 75.5 cm³/mol. The Balaban J connectivity index is 2.08. The van der Waals surface area contributed by atoms with Crippen molar-refractivity contribution in [2.45, 2.75) is 19.8 Å². The zero-order chi connectivity index (χ0) is 13.1. The highest BCUT2D eigenvalue weighted by Crippen LogP contribution is 2.22. The molecule has 0 N–H and O–H groups in total. The third-order valence-electron chi connectivity index (χ3n) is 3.54. The first-order valence-electron chi connectivity index (χ1n) is 6.23. The lowest BCUT2D eigenvalue weighted by Gasteiger charge is -2.31. The van der Waals surface area contributed by atoms with Crippen LogP contribution in [0.25, 0.3) is 0 Å². The molecule has 1 aromatic carbocycles. The number of nitrogens with zero attached hydrogens (tertiary/aromatic N) is 1. The topological polar surface area (TPSA) is 20.3 Å². The number of hydrogen-bond acceptors (Lipinski definition) is 1. The van der Waals surface area contributed by atoms with E-state index in [1.807, 2.05) is 24.0 Å². The van der Waals surface area contributed by atoms with Gasteiger partial charge in [0.25, 0.3) is 5.91 Å². The van der Waals surface area contributed by atoms with Crippen LogP contribution in [0.3, 0.4) is 0 Å². The molecule has 1 aromatic rings. The van der Waals surface area contributed by atoms with Gasteiger partial charge in [-0.3, -0.25) is 4.79 Å². The zero-order valence-electron chi connectivity index (χ0n) is 10.5. The number of piperidine rings is 1. The van der Waals surface area contributed by atoms with E-state index in [1.54, 1.807) is 6.07 Å². The van der Waals surface area contributed by atoms with Crippen molar-refractivity contribution in [2.75, 3.05) is 19.0 Å². The monoisotopic (exact) mass is 285 g/mol. The van der Waals surface area contributed by atoms with Gasteiger partial charge in [0.05, 0.1) is 0 Å². The minimum atomic E-state index is 0.109. The summed E-state index contributed by atoms with van der Waals surface area (Å²) < 4.78 is 0. The fourth-order valence-electron chi connectivity index (χ4n) is 2.33. The molecule has 0 radical (unpaired) electrons. The minimum absolute atomic E-state index is 0.109. The summed E-state index contributed by atoms with van der Waals surface area (Å²) >= 11 is 11.8. The molecule has 2 rings (SSSR count). The first-order chi connectivity index (χ1) is 8.61. The van der Waals surface area contributed by atoms with Crippen LogP contribution < -0.4 is 0 Å². The molecule has 2 nitrogen and oxygen atoms in total. The lowest BCUT2D eigenvalue weighted by molar-refractivity contribution is 0.0697. The van der Waals surface area contributed by atoms with Crippen molar-refractivity contribution < 1.29 is 4.79 Å². The van der Waals surface area contributed by atoms with E-state index >= 15 is 0 Å². The normalized spacial score (nSPS) is 16.9. The summed E-state index contributed by atoms with van der Waals surface area (Å²) in [5.41, 5.74) is 1.69. The number of carbonyl (C=O) groups excluding carboxylic acids is 1. The summed E-state index contributed by atoms with van der Waals surface area (Å²) in [6, 6.07) is 5.42. The summed E-state index contributed by atoms with van der Waals surface area (Å²) in [7, 11) is 0. The van der Waals surface area contributed by atoms with Crippen molar-refractivity contribution in [1.29, 1.82) is 0 Å². The molecule has 1 aliphatic rings. The quantitative estimate of drug-likeness (QED) is 0.758. The molecule has 0 spiro atoms. The lowest BCUT2D eigenvalue weighted by atomic mass is 9.98. The second-order valence-corrected chi connectivity index (χ2v) is 5.59. The molecule has 0 atom stereocenters. The van der Waals surface area contributed by atoms with Gasteiger partial charge >= 0.3 is 0 Å². The Kier molecular flexibility index (Phi) is 4.52. The van der Waals surface area contributed by atoms with Gasteiger partial charge in [0.1, 0.15) is 0 Å². The summed E-state index contributed by atoms with van der Waals surface area (Å²) in [5.74, 6) is 1.36. The number of aryl methyl sites for hydroxylation is 1. The highest BCUT2D eigenvalue weighted by molar-refractivity contribution is 6.30. The minimum Gasteiger partial charge on any atom is -0.339 e. The maximum absolute atomic E-state index is 12.4. The summed E-state index contributed by atoms with van der Waals surface area (Å²) in [6.07, 6.45) is 2.00. The maximum atomic E-state index is 12.4. The molecular formula is C14H17Cl2NO. The van der Waals surface area contributed by atoms with Gasteiger partial charge in [0.15, 0.2) is 0 Å². The molecule has 0 unspecified atom stereocenters. The molecule has 98 valence electrons. The van der Waals surface area contributed by atoms with Gasteiger partial charge in [-0.25, -0.2) is 0 Å². The number of benzene rings is 1. The van der Waals surface area contributed by atoms with E-state index in [1.165, 1.54) is 0 Å². The Hall–Kier alpha value is -0.730. The van der Waals surface area contributed by atoms with Crippen molar-refractivity contribution >= 4 is 29.1 Å². The molecule has 1 fully saturated rings. The Morgan fingerprint density at radius 3 is 2.61 bits per heavy atom. The molecule has 1 aliphatic heterocycles. The van der Waals surface area contributed by atoms with Gasteiger partial charge in [-0.2, -0.15) is 0 Å². The van der Waals surface area contributed by atoms with Crippen LogP contribution in [-0.2, 0) is 0 Å². The molecule has 0 saturated carbocycles. The van der Waals surface area contributed by atoms with E-state index in [-0.39, 0.29) is 5.91 Å². The van der Waals surface area contributed by atoms with E-state index in [0.717, 1.165) is 37.1 Å². The lowest BCUT2D eigenvalue weighted by Crippen LogP contribution is -2.39. The number of amides is 1. The predicted octanol–water partition coefficient (Wildman–Crippen LogP) is 3.74. The van der Waals surface area contributed by atoms with E-state index < -0.39 is 0 Å². The fourth-order valence-corrected chi connectivity index (χ4v) is 2.86. The van der Waals surface area contributed by atoms with Crippen LogP contribution in [-0.4, -0.2) is 29.8 Å². The van der Waals surface area contributed by atoms with E-state index in [0.29, 0.717) is 16.8 Å². The molecule has 0 bridgehead atoms. The summed E-state index contributed by atoms with van der Waals surface area (Å²) in [5, 5.41) is 0.671. The number of alkyl halides is 1. The molecule has 18 heavy (non-hydrogen) atoms. The van der Waals surface area contributed by atoms with Crippen LogP contribution in [0.15, 0.2) is 18.2 Å². The number of halogens is 2. The van der Waals surface area contributed by atoms with Gasteiger partial charge in [-0.05, 0) is 49.4 Å². The summed E-state index contributed by atoms with van der Waals surface area (Å²) in [4.78, 5) is 14.3. The van der Waals surface area contributed by atoms with Crippen LogP contribution in [0, 0.1) is 12.8 Å². The van der Waals surface area contributed by atoms with Crippen LogP contribution >= 0.6 is 23.2 Å². The Labute approximate surface area is 118 Å². The number of hydrogen-bond donors (Lipinski definition) is 0. The van der Waals surface area contributed by atoms with E-state index in [4.69, 9.17) is 23.2 Å². The van der Waals surface area contributed by atoms with E-state index in [2.05, 4.69) is 0 Å². The summed E-state index contributed by atoms with van der Waals surface area (Å²) in [6.45, 7) is 3.53. The van der Waals surface area contributed by atoms with E-state index in [9.17, 15) is 4.79 Å². The van der Waals surface area contributed by atoms with Crippen LogP contribution in [0.4, 0.5) is 0 Å². The Bertz CT molecular complexity index is 439. The first-order valence-corrected chi connectivity index (χ1v) is 7.14. The molecule has 0 aromatic heterocycles. The molecular weight excluding hydrogens is 269 g/mol. The number of likely N-dealkylation sites (tertiary alicyclic amines) is 1. The van der Waals surface area contributed by atoms with Gasteiger partial charge < -0.3 is 4.90 Å². The second kappa shape index (κ2) is 5.94. The van der Waals surface area contributed by atoms with Crippen molar-refractivity contribution in [3.8, 4) is 0 Å². The van der Waals surface area contributed by atoms with Gasteiger partial charge in [0.2, 0.25) is 0 Å². The van der Waals surface area contributed by atoms with Gasteiger partial charge in [-0.15, -0.1) is 11.6 Å².